The summed E-state index contributed by atoms with van der Waals surface area (Å²) in [4.78, 5) is 17.4. The number of rotatable bonds is 6. The molecule has 1 aromatic carbocycles. The summed E-state index contributed by atoms with van der Waals surface area (Å²) in [5.74, 6) is -0.312. The lowest BCUT2D eigenvalue weighted by atomic mass is 10.2. The highest BCUT2D eigenvalue weighted by molar-refractivity contribution is 6.31. The van der Waals surface area contributed by atoms with Crippen molar-refractivity contribution in [3.8, 4) is 11.3 Å². The van der Waals surface area contributed by atoms with E-state index in [0.29, 0.717) is 28.5 Å². The first kappa shape index (κ1) is 20.9. The minimum absolute atomic E-state index is 0.312. The van der Waals surface area contributed by atoms with Gasteiger partial charge in [-0.2, -0.15) is 15.3 Å². The van der Waals surface area contributed by atoms with Crippen LogP contribution >= 0.6 is 11.6 Å². The minimum Gasteiger partial charge on any atom is -0.319 e. The van der Waals surface area contributed by atoms with E-state index in [2.05, 4.69) is 25.6 Å². The molecule has 0 radical (unpaired) electrons. The summed E-state index contributed by atoms with van der Waals surface area (Å²) >= 11 is 6.23. The van der Waals surface area contributed by atoms with Gasteiger partial charge in [-0.3, -0.25) is 14.2 Å². The normalized spacial score (nSPS) is 11.2. The standard InChI is InChI=1S/C23H21ClN8O/c1-3-30-14-19(15(2)29-30)21-8-9-25-22-18(11-27-32(21)22)23(33)28-17-10-26-31(13-17)12-16-6-4-5-7-20(16)24/h4-11,13-14H,3,12H2,1-2H3,(H,28,33). The molecule has 166 valence electrons. The maximum absolute atomic E-state index is 13.0. The Balaban J connectivity index is 1.39. The van der Waals surface area contributed by atoms with Crippen LogP contribution in [0.15, 0.2) is 61.3 Å². The van der Waals surface area contributed by atoms with E-state index in [1.165, 1.54) is 6.20 Å². The molecule has 0 spiro atoms. The molecule has 4 heterocycles. The van der Waals surface area contributed by atoms with Crippen molar-refractivity contribution >= 4 is 28.8 Å². The van der Waals surface area contributed by atoms with Gasteiger partial charge in [-0.25, -0.2) is 9.50 Å². The molecule has 0 bridgehead atoms. The van der Waals surface area contributed by atoms with Crippen LogP contribution in [-0.4, -0.2) is 40.1 Å². The van der Waals surface area contributed by atoms with Crippen LogP contribution in [0.1, 0.15) is 28.5 Å². The van der Waals surface area contributed by atoms with Gasteiger partial charge in [-0.15, -0.1) is 0 Å². The van der Waals surface area contributed by atoms with Gasteiger partial charge >= 0.3 is 0 Å². The summed E-state index contributed by atoms with van der Waals surface area (Å²) in [5.41, 5.74) is 5.01. The highest BCUT2D eigenvalue weighted by Crippen LogP contribution is 2.24. The number of halogens is 1. The third-order valence-corrected chi connectivity index (χ3v) is 5.74. The lowest BCUT2D eigenvalue weighted by molar-refractivity contribution is 0.102. The lowest BCUT2D eigenvalue weighted by Gasteiger charge is -2.05. The van der Waals surface area contributed by atoms with Crippen LogP contribution in [0.3, 0.4) is 0 Å². The average Bonchev–Trinajstić information content (AvgIpc) is 3.53. The van der Waals surface area contributed by atoms with E-state index in [4.69, 9.17) is 11.6 Å². The zero-order valence-corrected chi connectivity index (χ0v) is 18.9. The van der Waals surface area contributed by atoms with E-state index in [0.717, 1.165) is 29.1 Å². The second-order valence-electron chi connectivity index (χ2n) is 7.58. The summed E-state index contributed by atoms with van der Waals surface area (Å²) in [6, 6.07) is 9.45. The van der Waals surface area contributed by atoms with Crippen LogP contribution in [-0.2, 0) is 13.1 Å². The summed E-state index contributed by atoms with van der Waals surface area (Å²) in [5, 5.41) is 16.8. The number of fused-ring (bicyclic) bond motifs is 1. The molecule has 0 saturated heterocycles. The van der Waals surface area contributed by atoms with Gasteiger partial charge in [0.2, 0.25) is 0 Å². The minimum atomic E-state index is -0.312. The number of hydrogen-bond donors (Lipinski definition) is 1. The lowest BCUT2D eigenvalue weighted by Crippen LogP contribution is -2.11. The molecule has 10 heteroatoms. The summed E-state index contributed by atoms with van der Waals surface area (Å²) < 4.78 is 5.26. The fraction of sp³-hybridized carbons (Fsp3) is 0.174. The summed E-state index contributed by atoms with van der Waals surface area (Å²) in [6.07, 6.45) is 8.53. The van der Waals surface area contributed by atoms with E-state index >= 15 is 0 Å². The Morgan fingerprint density at radius 3 is 2.73 bits per heavy atom. The first-order valence-corrected chi connectivity index (χ1v) is 10.9. The van der Waals surface area contributed by atoms with E-state index in [-0.39, 0.29) is 5.91 Å². The van der Waals surface area contributed by atoms with Crippen molar-refractivity contribution < 1.29 is 4.79 Å². The van der Waals surface area contributed by atoms with Crippen molar-refractivity contribution in [2.75, 3.05) is 5.32 Å². The number of nitrogens with one attached hydrogen (secondary N) is 1. The molecule has 5 rings (SSSR count). The number of carbonyl (C=O) groups excluding carboxylic acids is 1. The van der Waals surface area contributed by atoms with Crippen LogP contribution in [0.5, 0.6) is 0 Å². The molecular weight excluding hydrogens is 440 g/mol. The maximum Gasteiger partial charge on any atom is 0.261 e. The first-order valence-electron chi connectivity index (χ1n) is 10.5. The number of anilines is 1. The van der Waals surface area contributed by atoms with Gasteiger partial charge in [0, 0.05) is 35.7 Å². The van der Waals surface area contributed by atoms with Crippen molar-refractivity contribution in [2.45, 2.75) is 26.9 Å². The van der Waals surface area contributed by atoms with Crippen LogP contribution < -0.4 is 5.32 Å². The van der Waals surface area contributed by atoms with Crippen molar-refractivity contribution in [1.82, 2.24) is 34.2 Å². The molecule has 0 aliphatic rings. The Kier molecular flexibility index (Phi) is 5.39. The molecule has 33 heavy (non-hydrogen) atoms. The third-order valence-electron chi connectivity index (χ3n) is 5.37. The predicted octanol–water partition coefficient (Wildman–Crippen LogP) is 4.07. The van der Waals surface area contributed by atoms with Gasteiger partial charge in [0.25, 0.3) is 5.91 Å². The van der Waals surface area contributed by atoms with E-state index < -0.39 is 0 Å². The van der Waals surface area contributed by atoms with Crippen LogP contribution in [0.25, 0.3) is 16.9 Å². The monoisotopic (exact) mass is 460 g/mol. The smallest absolute Gasteiger partial charge is 0.261 e. The number of amides is 1. The van der Waals surface area contributed by atoms with Crippen molar-refractivity contribution in [3.05, 3.63) is 83.2 Å². The Bertz CT molecular complexity index is 1460. The molecule has 4 aromatic heterocycles. The SMILES string of the molecule is CCn1cc(-c2ccnc3c(C(=O)Nc4cnn(Cc5ccccc5Cl)c4)cnn23)c(C)n1. The van der Waals surface area contributed by atoms with Gasteiger partial charge in [0.1, 0.15) is 5.56 Å². The van der Waals surface area contributed by atoms with Crippen LogP contribution in [0, 0.1) is 6.92 Å². The molecular formula is C23H21ClN8O. The summed E-state index contributed by atoms with van der Waals surface area (Å²) in [6.45, 7) is 5.25. The van der Waals surface area contributed by atoms with Gasteiger partial charge < -0.3 is 5.32 Å². The second kappa shape index (κ2) is 8.51. The fourth-order valence-corrected chi connectivity index (χ4v) is 3.90. The van der Waals surface area contributed by atoms with Crippen molar-refractivity contribution in [2.24, 2.45) is 0 Å². The van der Waals surface area contributed by atoms with Gasteiger partial charge in [0.05, 0.1) is 36.0 Å². The summed E-state index contributed by atoms with van der Waals surface area (Å²) in [7, 11) is 0. The van der Waals surface area contributed by atoms with Gasteiger partial charge in [0.15, 0.2) is 5.65 Å². The molecule has 1 amide bonds. The maximum atomic E-state index is 13.0. The van der Waals surface area contributed by atoms with Gasteiger partial charge in [-0.1, -0.05) is 29.8 Å². The highest BCUT2D eigenvalue weighted by atomic mass is 35.5. The molecule has 9 nitrogen and oxygen atoms in total. The van der Waals surface area contributed by atoms with E-state index in [9.17, 15) is 4.79 Å². The van der Waals surface area contributed by atoms with Crippen LogP contribution in [0.2, 0.25) is 5.02 Å². The molecule has 0 aliphatic carbocycles. The third kappa shape index (κ3) is 3.98. The number of aromatic nitrogens is 7. The zero-order valence-electron chi connectivity index (χ0n) is 18.1. The molecule has 0 saturated carbocycles. The van der Waals surface area contributed by atoms with E-state index in [1.54, 1.807) is 27.8 Å². The predicted molar refractivity (Wildman–Crippen MR) is 125 cm³/mol. The largest absolute Gasteiger partial charge is 0.319 e. The van der Waals surface area contributed by atoms with Crippen LogP contribution in [0.4, 0.5) is 5.69 Å². The zero-order chi connectivity index (χ0) is 22.9. The highest BCUT2D eigenvalue weighted by Gasteiger charge is 2.18. The number of carbonyl (C=O) groups is 1. The van der Waals surface area contributed by atoms with E-state index in [1.807, 2.05) is 55.1 Å². The second-order valence-corrected chi connectivity index (χ2v) is 7.99. The number of nitrogens with zero attached hydrogens (tertiary/aromatic N) is 7. The number of benzene rings is 1. The average molecular weight is 461 g/mol. The first-order chi connectivity index (χ1) is 16.0. The van der Waals surface area contributed by atoms with Gasteiger partial charge in [-0.05, 0) is 31.5 Å². The number of hydrogen-bond acceptors (Lipinski definition) is 5. The number of aryl methyl sites for hydroxylation is 2. The Morgan fingerprint density at radius 2 is 1.94 bits per heavy atom. The Hall–Kier alpha value is -3.98. The quantitative estimate of drug-likeness (QED) is 0.412. The molecule has 5 aromatic rings. The van der Waals surface area contributed by atoms with Crippen molar-refractivity contribution in [1.29, 1.82) is 0 Å². The Morgan fingerprint density at radius 1 is 1.09 bits per heavy atom. The molecule has 0 unspecified atom stereocenters. The Labute approximate surface area is 194 Å². The molecule has 1 N–H and O–H groups in total. The topological polar surface area (TPSA) is 94.9 Å². The molecule has 0 fully saturated rings. The molecule has 0 aliphatic heterocycles. The van der Waals surface area contributed by atoms with Crippen molar-refractivity contribution in [3.63, 3.8) is 0 Å². The fourth-order valence-electron chi connectivity index (χ4n) is 3.70. The molecule has 0 atom stereocenters.